The summed E-state index contributed by atoms with van der Waals surface area (Å²) < 4.78 is 16.2. The van der Waals surface area contributed by atoms with Gasteiger partial charge in [-0.25, -0.2) is 9.79 Å². The van der Waals surface area contributed by atoms with Crippen molar-refractivity contribution in [3.8, 4) is 11.5 Å². The van der Waals surface area contributed by atoms with E-state index < -0.39 is 10.9 Å². The highest BCUT2D eigenvalue weighted by atomic mass is 16.6. The molecule has 0 aliphatic carbocycles. The Kier molecular flexibility index (Phi) is 5.39. The number of nitro groups is 1. The zero-order valence-corrected chi connectivity index (χ0v) is 15.5. The van der Waals surface area contributed by atoms with Crippen molar-refractivity contribution in [2.45, 2.75) is 20.0 Å². The second-order valence-corrected chi connectivity index (χ2v) is 6.22. The number of non-ortho nitro benzene ring substituents is 1. The van der Waals surface area contributed by atoms with Crippen LogP contribution in [0.1, 0.15) is 25.0 Å². The van der Waals surface area contributed by atoms with Crippen LogP contribution in [0.15, 0.2) is 53.2 Å². The van der Waals surface area contributed by atoms with Crippen LogP contribution < -0.4 is 9.47 Å². The molecule has 144 valence electrons. The number of carbonyl (C=O) groups excluding carboxylic acids is 1. The summed E-state index contributed by atoms with van der Waals surface area (Å²) >= 11 is 0. The minimum absolute atomic E-state index is 0.00926. The third kappa shape index (κ3) is 4.17. The minimum Gasteiger partial charge on any atom is -0.493 e. The molecule has 0 bridgehead atoms. The van der Waals surface area contributed by atoms with E-state index in [2.05, 4.69) is 4.99 Å². The van der Waals surface area contributed by atoms with E-state index in [9.17, 15) is 14.9 Å². The van der Waals surface area contributed by atoms with E-state index in [1.807, 2.05) is 13.8 Å². The largest absolute Gasteiger partial charge is 0.493 e. The van der Waals surface area contributed by atoms with Gasteiger partial charge in [-0.15, -0.1) is 0 Å². The van der Waals surface area contributed by atoms with Crippen LogP contribution >= 0.6 is 0 Å². The molecule has 28 heavy (non-hydrogen) atoms. The molecule has 0 spiro atoms. The Bertz CT molecular complexity index is 994. The van der Waals surface area contributed by atoms with Crippen LogP contribution in [0, 0.1) is 10.1 Å². The molecule has 2 aromatic carbocycles. The van der Waals surface area contributed by atoms with Gasteiger partial charge < -0.3 is 14.2 Å². The molecule has 1 aliphatic rings. The van der Waals surface area contributed by atoms with Crippen LogP contribution in [0.2, 0.25) is 0 Å². The first kappa shape index (κ1) is 19.1. The van der Waals surface area contributed by atoms with Crippen molar-refractivity contribution in [1.82, 2.24) is 0 Å². The molecule has 3 rings (SSSR count). The molecule has 0 atom stereocenters. The Labute approximate surface area is 161 Å². The van der Waals surface area contributed by atoms with Gasteiger partial charge in [-0.1, -0.05) is 12.1 Å². The topological polar surface area (TPSA) is 100 Å². The summed E-state index contributed by atoms with van der Waals surface area (Å²) in [5, 5.41) is 10.9. The fourth-order valence-corrected chi connectivity index (χ4v) is 2.57. The van der Waals surface area contributed by atoms with E-state index in [1.54, 1.807) is 30.3 Å². The average molecular weight is 382 g/mol. The number of carbonyl (C=O) groups is 1. The molecule has 0 aromatic heterocycles. The standard InChI is InChI=1S/C20H18N2O6/c1-12(2)27-17-8-7-13(10-18(17)26-3)9-16-20(23)28-19(21-16)14-5-4-6-15(11-14)22(24)25/h4-12H,1-3H3/b16-9-. The number of nitro benzene ring substituents is 1. The summed E-state index contributed by atoms with van der Waals surface area (Å²) in [6.45, 7) is 3.82. The number of benzene rings is 2. The Balaban J connectivity index is 1.91. The van der Waals surface area contributed by atoms with Gasteiger partial charge in [0.05, 0.1) is 18.1 Å². The molecule has 1 aliphatic heterocycles. The maximum absolute atomic E-state index is 12.2. The highest BCUT2D eigenvalue weighted by molar-refractivity contribution is 6.13. The molecule has 0 amide bonds. The lowest BCUT2D eigenvalue weighted by Crippen LogP contribution is -2.06. The van der Waals surface area contributed by atoms with Gasteiger partial charge in [0, 0.05) is 17.7 Å². The van der Waals surface area contributed by atoms with Crippen molar-refractivity contribution < 1.29 is 23.9 Å². The van der Waals surface area contributed by atoms with Gasteiger partial charge >= 0.3 is 5.97 Å². The van der Waals surface area contributed by atoms with Crippen molar-refractivity contribution in [2.75, 3.05) is 7.11 Å². The lowest BCUT2D eigenvalue weighted by Gasteiger charge is -2.13. The number of aliphatic imine (C=N–C) groups is 1. The predicted molar refractivity (Wildman–Crippen MR) is 102 cm³/mol. The molecule has 1 heterocycles. The number of nitrogens with zero attached hydrogens (tertiary/aromatic N) is 2. The summed E-state index contributed by atoms with van der Waals surface area (Å²) in [7, 11) is 1.53. The maximum atomic E-state index is 12.2. The second-order valence-electron chi connectivity index (χ2n) is 6.22. The zero-order chi connectivity index (χ0) is 20.3. The molecule has 0 fully saturated rings. The first-order valence-electron chi connectivity index (χ1n) is 8.49. The van der Waals surface area contributed by atoms with Gasteiger partial charge in [0.15, 0.2) is 17.2 Å². The van der Waals surface area contributed by atoms with Gasteiger partial charge in [0.1, 0.15) is 0 Å². The lowest BCUT2D eigenvalue weighted by atomic mass is 10.1. The van der Waals surface area contributed by atoms with Crippen LogP contribution in [0.25, 0.3) is 6.08 Å². The van der Waals surface area contributed by atoms with Crippen molar-refractivity contribution in [2.24, 2.45) is 4.99 Å². The molecule has 0 radical (unpaired) electrons. The van der Waals surface area contributed by atoms with E-state index >= 15 is 0 Å². The summed E-state index contributed by atoms with van der Waals surface area (Å²) in [5.41, 5.74) is 0.994. The Morgan fingerprint density at radius 1 is 1.18 bits per heavy atom. The average Bonchev–Trinajstić information content (AvgIpc) is 3.03. The number of ether oxygens (including phenoxy) is 3. The monoisotopic (exact) mass is 382 g/mol. The fraction of sp³-hybridized carbons (Fsp3) is 0.200. The molecule has 0 N–H and O–H groups in total. The Morgan fingerprint density at radius 2 is 1.96 bits per heavy atom. The minimum atomic E-state index is -0.636. The molecule has 8 heteroatoms. The van der Waals surface area contributed by atoms with Crippen molar-refractivity contribution in [3.05, 3.63) is 69.4 Å². The predicted octanol–water partition coefficient (Wildman–Crippen LogP) is 3.74. The number of hydrogen-bond acceptors (Lipinski definition) is 7. The molecule has 2 aromatic rings. The summed E-state index contributed by atoms with van der Waals surface area (Å²) in [6, 6.07) is 11.0. The Hall–Kier alpha value is -3.68. The third-order valence-electron chi connectivity index (χ3n) is 3.78. The lowest BCUT2D eigenvalue weighted by molar-refractivity contribution is -0.384. The second kappa shape index (κ2) is 7.91. The van der Waals surface area contributed by atoms with Gasteiger partial charge in [-0.2, -0.15) is 0 Å². The number of hydrogen-bond donors (Lipinski definition) is 0. The number of cyclic esters (lactones) is 1. The SMILES string of the molecule is COc1cc(/C=C2\N=C(c3cccc([N+](=O)[O-])c3)OC2=O)ccc1OC(C)C. The normalized spacial score (nSPS) is 14.8. The first-order chi connectivity index (χ1) is 13.4. The van der Waals surface area contributed by atoms with E-state index in [0.29, 0.717) is 22.6 Å². The number of esters is 1. The van der Waals surface area contributed by atoms with Crippen LogP contribution in [0.4, 0.5) is 5.69 Å². The first-order valence-corrected chi connectivity index (χ1v) is 8.49. The molecular formula is C20H18N2O6. The van der Waals surface area contributed by atoms with Crippen LogP contribution in [-0.4, -0.2) is 30.0 Å². The van der Waals surface area contributed by atoms with Crippen LogP contribution in [0.3, 0.4) is 0 Å². The Morgan fingerprint density at radius 3 is 2.64 bits per heavy atom. The van der Waals surface area contributed by atoms with E-state index in [4.69, 9.17) is 14.2 Å². The fourth-order valence-electron chi connectivity index (χ4n) is 2.57. The van der Waals surface area contributed by atoms with Crippen LogP contribution in [0.5, 0.6) is 11.5 Å². The summed E-state index contributed by atoms with van der Waals surface area (Å²) in [5.74, 6) is 0.501. The van der Waals surface area contributed by atoms with Gasteiger partial charge in [0.25, 0.3) is 5.69 Å². The van der Waals surface area contributed by atoms with Crippen molar-refractivity contribution in [1.29, 1.82) is 0 Å². The van der Waals surface area contributed by atoms with E-state index in [-0.39, 0.29) is 23.4 Å². The van der Waals surface area contributed by atoms with E-state index in [0.717, 1.165) is 0 Å². The summed E-state index contributed by atoms with van der Waals surface area (Å²) in [4.78, 5) is 26.7. The van der Waals surface area contributed by atoms with Crippen molar-refractivity contribution >= 4 is 23.6 Å². The molecule has 0 unspecified atom stereocenters. The number of methoxy groups -OCH3 is 1. The smallest absolute Gasteiger partial charge is 0.363 e. The van der Waals surface area contributed by atoms with Gasteiger partial charge in [0.2, 0.25) is 5.90 Å². The van der Waals surface area contributed by atoms with Gasteiger partial charge in [-0.3, -0.25) is 10.1 Å². The number of rotatable bonds is 6. The van der Waals surface area contributed by atoms with Crippen LogP contribution in [-0.2, 0) is 9.53 Å². The van der Waals surface area contributed by atoms with Gasteiger partial charge in [-0.05, 0) is 43.7 Å². The molecule has 0 saturated carbocycles. The quantitative estimate of drug-likeness (QED) is 0.327. The molecule has 0 saturated heterocycles. The summed E-state index contributed by atoms with van der Waals surface area (Å²) in [6.07, 6.45) is 1.54. The van der Waals surface area contributed by atoms with E-state index in [1.165, 1.54) is 25.3 Å². The highest BCUT2D eigenvalue weighted by Gasteiger charge is 2.25. The zero-order valence-electron chi connectivity index (χ0n) is 15.5. The third-order valence-corrected chi connectivity index (χ3v) is 3.78. The molecule has 8 nitrogen and oxygen atoms in total. The maximum Gasteiger partial charge on any atom is 0.363 e. The highest BCUT2D eigenvalue weighted by Crippen LogP contribution is 2.30. The van der Waals surface area contributed by atoms with Crippen molar-refractivity contribution in [3.63, 3.8) is 0 Å². The molecular weight excluding hydrogens is 364 g/mol.